The van der Waals surface area contributed by atoms with E-state index in [2.05, 4.69) is 19.9 Å². The Kier molecular flexibility index (Phi) is 5.69. The molecular weight excluding hydrogens is 148 g/mol. The highest BCUT2D eigenvalue weighted by atomic mass is 16.1. The fraction of sp³-hybridized carbons (Fsp3) is 0.727. The topological polar surface area (TPSA) is 17.1 Å². The molecule has 0 N–H and O–H groups in total. The van der Waals surface area contributed by atoms with Gasteiger partial charge in [0.25, 0.3) is 0 Å². The van der Waals surface area contributed by atoms with Gasteiger partial charge in [-0.25, -0.2) is 0 Å². The molecule has 0 saturated heterocycles. The molecule has 0 heterocycles. The highest BCUT2D eigenvalue weighted by Gasteiger charge is 1.98. The molecule has 0 aliphatic rings. The summed E-state index contributed by atoms with van der Waals surface area (Å²) in [6.45, 7) is 7.96. The third-order valence-corrected chi connectivity index (χ3v) is 2.36. The molecule has 1 atom stereocenters. The van der Waals surface area contributed by atoms with E-state index in [0.717, 1.165) is 17.9 Å². The average molecular weight is 168 g/mol. The average Bonchev–Trinajstić information content (AvgIpc) is 2.03. The van der Waals surface area contributed by atoms with Gasteiger partial charge in [0.1, 0.15) is 0 Å². The van der Waals surface area contributed by atoms with Gasteiger partial charge in [0.05, 0.1) is 0 Å². The van der Waals surface area contributed by atoms with Crippen molar-refractivity contribution in [2.75, 3.05) is 0 Å². The van der Waals surface area contributed by atoms with Crippen molar-refractivity contribution in [3.8, 4) is 0 Å². The van der Waals surface area contributed by atoms with Crippen molar-refractivity contribution in [2.24, 2.45) is 5.92 Å². The second-order valence-electron chi connectivity index (χ2n) is 3.53. The minimum atomic E-state index is 0.194. The zero-order valence-electron chi connectivity index (χ0n) is 8.68. The summed E-state index contributed by atoms with van der Waals surface area (Å²) in [4.78, 5) is 10.8. The van der Waals surface area contributed by atoms with Crippen LogP contribution in [0.1, 0.15) is 47.0 Å². The molecular formula is C11H20O. The Bertz CT molecular complexity index is 168. The summed E-state index contributed by atoms with van der Waals surface area (Å²) in [5, 5.41) is 0. The predicted octanol–water partition coefficient (Wildman–Crippen LogP) is 3.35. The van der Waals surface area contributed by atoms with E-state index < -0.39 is 0 Å². The van der Waals surface area contributed by atoms with Gasteiger partial charge in [0, 0.05) is 0 Å². The molecule has 0 aromatic heterocycles. The van der Waals surface area contributed by atoms with Gasteiger partial charge in [-0.05, 0) is 38.2 Å². The lowest BCUT2D eigenvalue weighted by Crippen LogP contribution is -1.93. The Morgan fingerprint density at radius 2 is 2.00 bits per heavy atom. The molecule has 12 heavy (non-hydrogen) atoms. The lowest BCUT2D eigenvalue weighted by atomic mass is 10.0. The number of carbonyl (C=O) groups is 1. The van der Waals surface area contributed by atoms with Crippen LogP contribution in [0.25, 0.3) is 0 Å². The molecule has 0 saturated carbocycles. The van der Waals surface area contributed by atoms with Gasteiger partial charge in [-0.3, -0.25) is 4.79 Å². The van der Waals surface area contributed by atoms with Crippen LogP contribution in [0.4, 0.5) is 0 Å². The Morgan fingerprint density at radius 3 is 2.42 bits per heavy atom. The van der Waals surface area contributed by atoms with E-state index >= 15 is 0 Å². The van der Waals surface area contributed by atoms with Crippen LogP contribution in [0.2, 0.25) is 0 Å². The summed E-state index contributed by atoms with van der Waals surface area (Å²) in [6.07, 6.45) is 5.52. The summed E-state index contributed by atoms with van der Waals surface area (Å²) in [5.41, 5.74) is 0.901. The molecule has 0 aliphatic carbocycles. The number of rotatable bonds is 5. The smallest absolute Gasteiger partial charge is 0.155 e. The minimum Gasteiger partial charge on any atom is -0.295 e. The number of Topliss-reactive ketones (excluding diaryl/α,β-unsaturated/α-hetero) is 1. The highest BCUT2D eigenvalue weighted by molar-refractivity contribution is 5.92. The van der Waals surface area contributed by atoms with Gasteiger partial charge in [-0.15, -0.1) is 0 Å². The van der Waals surface area contributed by atoms with Crippen LogP contribution >= 0.6 is 0 Å². The van der Waals surface area contributed by atoms with Crippen molar-refractivity contribution in [3.05, 3.63) is 11.6 Å². The van der Waals surface area contributed by atoms with Gasteiger partial charge in [-0.2, -0.15) is 0 Å². The van der Waals surface area contributed by atoms with E-state index in [1.807, 2.05) is 6.92 Å². The van der Waals surface area contributed by atoms with E-state index in [-0.39, 0.29) is 5.78 Å². The fourth-order valence-electron chi connectivity index (χ4n) is 0.932. The van der Waals surface area contributed by atoms with Crippen LogP contribution in [0.15, 0.2) is 11.6 Å². The summed E-state index contributed by atoms with van der Waals surface area (Å²) in [5.74, 6) is 0.972. The van der Waals surface area contributed by atoms with E-state index in [0.29, 0.717) is 0 Å². The van der Waals surface area contributed by atoms with Gasteiger partial charge in [-0.1, -0.05) is 26.3 Å². The van der Waals surface area contributed by atoms with Crippen molar-refractivity contribution in [1.82, 2.24) is 0 Å². The molecule has 0 aromatic rings. The normalized spacial score (nSPS) is 14.5. The second kappa shape index (κ2) is 5.99. The molecule has 70 valence electrons. The summed E-state index contributed by atoms with van der Waals surface area (Å²) < 4.78 is 0. The first kappa shape index (κ1) is 11.4. The Morgan fingerprint density at radius 1 is 1.42 bits per heavy atom. The number of carbonyl (C=O) groups excluding carboxylic acids is 1. The Labute approximate surface area is 75.9 Å². The zero-order chi connectivity index (χ0) is 9.56. The maximum Gasteiger partial charge on any atom is 0.155 e. The molecule has 1 nitrogen and oxygen atoms in total. The van der Waals surface area contributed by atoms with Crippen LogP contribution in [0.3, 0.4) is 0 Å². The van der Waals surface area contributed by atoms with Crippen LogP contribution < -0.4 is 0 Å². The third kappa shape index (κ3) is 5.11. The maximum atomic E-state index is 10.8. The standard InChI is InChI=1S/C11H20O/c1-5-9(2)7-6-8-10(3)11(4)12/h8-9H,5-7H2,1-4H3/b10-8+. The van der Waals surface area contributed by atoms with Gasteiger partial charge in [0.2, 0.25) is 0 Å². The number of ketones is 1. The van der Waals surface area contributed by atoms with E-state index in [4.69, 9.17) is 0 Å². The molecule has 0 amide bonds. The maximum absolute atomic E-state index is 10.8. The van der Waals surface area contributed by atoms with Gasteiger partial charge in [0.15, 0.2) is 5.78 Å². The molecule has 0 spiro atoms. The number of allylic oxidation sites excluding steroid dienone is 2. The first-order valence-electron chi connectivity index (χ1n) is 4.75. The molecule has 0 aliphatic heterocycles. The number of hydrogen-bond donors (Lipinski definition) is 0. The van der Waals surface area contributed by atoms with Crippen molar-refractivity contribution >= 4 is 5.78 Å². The van der Waals surface area contributed by atoms with Crippen LogP contribution in [-0.4, -0.2) is 5.78 Å². The third-order valence-electron chi connectivity index (χ3n) is 2.36. The van der Waals surface area contributed by atoms with Crippen LogP contribution in [0, 0.1) is 5.92 Å². The van der Waals surface area contributed by atoms with Crippen LogP contribution in [0.5, 0.6) is 0 Å². The van der Waals surface area contributed by atoms with Crippen molar-refractivity contribution in [1.29, 1.82) is 0 Å². The molecule has 0 radical (unpaired) electrons. The van der Waals surface area contributed by atoms with Crippen molar-refractivity contribution < 1.29 is 4.79 Å². The fourth-order valence-corrected chi connectivity index (χ4v) is 0.932. The lowest BCUT2D eigenvalue weighted by molar-refractivity contribution is -0.113. The number of hydrogen-bond acceptors (Lipinski definition) is 1. The van der Waals surface area contributed by atoms with Gasteiger partial charge >= 0.3 is 0 Å². The SMILES string of the molecule is CCC(C)CC/C=C(\C)C(C)=O. The predicted molar refractivity (Wildman–Crippen MR) is 53.1 cm³/mol. The molecule has 1 unspecified atom stereocenters. The van der Waals surface area contributed by atoms with E-state index in [1.165, 1.54) is 12.8 Å². The molecule has 0 bridgehead atoms. The summed E-state index contributed by atoms with van der Waals surface area (Å²) >= 11 is 0. The first-order valence-corrected chi connectivity index (χ1v) is 4.75. The summed E-state index contributed by atoms with van der Waals surface area (Å²) in [6, 6.07) is 0. The zero-order valence-corrected chi connectivity index (χ0v) is 8.68. The van der Waals surface area contributed by atoms with Crippen LogP contribution in [-0.2, 0) is 4.79 Å². The van der Waals surface area contributed by atoms with E-state index in [9.17, 15) is 4.79 Å². The first-order chi connectivity index (χ1) is 5.57. The van der Waals surface area contributed by atoms with Crippen molar-refractivity contribution in [3.63, 3.8) is 0 Å². The quantitative estimate of drug-likeness (QED) is 0.575. The van der Waals surface area contributed by atoms with Crippen molar-refractivity contribution in [2.45, 2.75) is 47.0 Å². The molecule has 1 heteroatoms. The second-order valence-corrected chi connectivity index (χ2v) is 3.53. The molecule has 0 rings (SSSR count). The summed E-state index contributed by atoms with van der Waals surface area (Å²) in [7, 11) is 0. The highest BCUT2D eigenvalue weighted by Crippen LogP contribution is 2.10. The van der Waals surface area contributed by atoms with Gasteiger partial charge < -0.3 is 0 Å². The Balaban J connectivity index is 3.67. The minimum absolute atomic E-state index is 0.194. The lowest BCUT2D eigenvalue weighted by Gasteiger charge is -2.04. The monoisotopic (exact) mass is 168 g/mol. The largest absolute Gasteiger partial charge is 0.295 e. The molecule has 0 aromatic carbocycles. The van der Waals surface area contributed by atoms with E-state index in [1.54, 1.807) is 6.92 Å². The Hall–Kier alpha value is -0.590. The molecule has 0 fully saturated rings.